The molecule has 1 amide bonds. The molecule has 0 radical (unpaired) electrons. The molecule has 1 unspecified atom stereocenters. The summed E-state index contributed by atoms with van der Waals surface area (Å²) in [5, 5.41) is 11.4. The molecule has 1 aromatic carbocycles. The number of carbonyl (C=O) groups is 2. The molecular weight excluding hydrogens is 237 g/mol. The van der Waals surface area contributed by atoms with Crippen molar-refractivity contribution < 1.29 is 19.1 Å². The highest BCUT2D eigenvalue weighted by atomic mass is 19.1. The molecule has 0 bridgehead atoms. The molecule has 0 aromatic heterocycles. The Balaban J connectivity index is 2.02. The van der Waals surface area contributed by atoms with Gasteiger partial charge < -0.3 is 10.4 Å². The van der Waals surface area contributed by atoms with Crippen LogP contribution in [-0.4, -0.2) is 23.0 Å². The molecule has 18 heavy (non-hydrogen) atoms. The van der Waals surface area contributed by atoms with E-state index in [9.17, 15) is 14.0 Å². The van der Waals surface area contributed by atoms with Gasteiger partial charge in [0.1, 0.15) is 5.82 Å². The van der Waals surface area contributed by atoms with Crippen LogP contribution in [0.1, 0.15) is 29.6 Å². The van der Waals surface area contributed by atoms with Gasteiger partial charge in [-0.3, -0.25) is 9.59 Å². The first-order chi connectivity index (χ1) is 8.56. The standard InChI is InChI=1S/C13H14FNO3/c14-10-3-1-2-9(6-10)13(18)15-11(7-12(16)17)8-4-5-8/h1-3,6,8,11H,4-5,7H2,(H,15,18)(H,16,17). The van der Waals surface area contributed by atoms with Crippen LogP contribution in [0.4, 0.5) is 4.39 Å². The van der Waals surface area contributed by atoms with Crippen molar-refractivity contribution in [2.24, 2.45) is 5.92 Å². The van der Waals surface area contributed by atoms with E-state index < -0.39 is 17.7 Å². The number of benzene rings is 1. The van der Waals surface area contributed by atoms with E-state index >= 15 is 0 Å². The Hall–Kier alpha value is -1.91. The number of hydrogen-bond acceptors (Lipinski definition) is 2. The maximum Gasteiger partial charge on any atom is 0.305 e. The Bertz CT molecular complexity index is 471. The monoisotopic (exact) mass is 251 g/mol. The summed E-state index contributed by atoms with van der Waals surface area (Å²) >= 11 is 0. The number of hydrogen-bond donors (Lipinski definition) is 2. The highest BCUT2D eigenvalue weighted by Gasteiger charge is 2.33. The molecule has 2 rings (SSSR count). The number of halogens is 1. The van der Waals surface area contributed by atoms with E-state index in [4.69, 9.17) is 5.11 Å². The van der Waals surface area contributed by atoms with Gasteiger partial charge in [0, 0.05) is 11.6 Å². The van der Waals surface area contributed by atoms with Crippen LogP contribution < -0.4 is 5.32 Å². The number of carboxylic acids is 1. The molecule has 2 N–H and O–H groups in total. The first-order valence-corrected chi connectivity index (χ1v) is 5.84. The van der Waals surface area contributed by atoms with E-state index in [1.807, 2.05) is 0 Å². The van der Waals surface area contributed by atoms with Crippen LogP contribution in [0.3, 0.4) is 0 Å². The van der Waals surface area contributed by atoms with Crippen molar-refractivity contribution in [1.29, 1.82) is 0 Å². The lowest BCUT2D eigenvalue weighted by molar-refractivity contribution is -0.137. The second kappa shape index (κ2) is 5.16. The Kier molecular flexibility index (Phi) is 3.60. The van der Waals surface area contributed by atoms with Crippen LogP contribution in [0, 0.1) is 11.7 Å². The predicted molar refractivity (Wildman–Crippen MR) is 62.6 cm³/mol. The molecule has 0 spiro atoms. The predicted octanol–water partition coefficient (Wildman–Crippen LogP) is 1.81. The fourth-order valence-electron chi connectivity index (χ4n) is 1.90. The average Bonchev–Trinajstić information content (AvgIpc) is 3.11. The van der Waals surface area contributed by atoms with Crippen molar-refractivity contribution in [3.05, 3.63) is 35.6 Å². The van der Waals surface area contributed by atoms with Gasteiger partial charge in [-0.05, 0) is 37.0 Å². The molecule has 4 nitrogen and oxygen atoms in total. The van der Waals surface area contributed by atoms with Crippen LogP contribution in [-0.2, 0) is 4.79 Å². The summed E-state index contributed by atoms with van der Waals surface area (Å²) in [5.74, 6) is -1.61. The minimum atomic E-state index is -0.938. The smallest absolute Gasteiger partial charge is 0.305 e. The number of amides is 1. The molecule has 0 heterocycles. The van der Waals surface area contributed by atoms with Crippen LogP contribution in [0.25, 0.3) is 0 Å². The van der Waals surface area contributed by atoms with Crippen molar-refractivity contribution in [3.8, 4) is 0 Å². The van der Waals surface area contributed by atoms with Crippen molar-refractivity contribution in [3.63, 3.8) is 0 Å². The van der Waals surface area contributed by atoms with Gasteiger partial charge in [0.15, 0.2) is 0 Å². The van der Waals surface area contributed by atoms with E-state index in [1.54, 1.807) is 0 Å². The van der Waals surface area contributed by atoms with Crippen LogP contribution in [0.2, 0.25) is 0 Å². The van der Waals surface area contributed by atoms with E-state index in [2.05, 4.69) is 5.32 Å². The molecule has 0 aliphatic heterocycles. The van der Waals surface area contributed by atoms with Gasteiger partial charge in [-0.25, -0.2) is 4.39 Å². The quantitative estimate of drug-likeness (QED) is 0.838. The van der Waals surface area contributed by atoms with Gasteiger partial charge in [-0.15, -0.1) is 0 Å². The minimum Gasteiger partial charge on any atom is -0.481 e. The number of carboxylic acid groups (broad SMARTS) is 1. The largest absolute Gasteiger partial charge is 0.481 e. The third-order valence-corrected chi connectivity index (χ3v) is 2.99. The molecule has 1 atom stereocenters. The fraction of sp³-hybridized carbons (Fsp3) is 0.385. The summed E-state index contributed by atoms with van der Waals surface area (Å²) in [6.45, 7) is 0. The van der Waals surface area contributed by atoms with Gasteiger partial charge in [0.2, 0.25) is 0 Å². The Labute approximate surface area is 104 Å². The summed E-state index contributed by atoms with van der Waals surface area (Å²) in [6, 6.07) is 4.99. The molecule has 0 saturated heterocycles. The summed E-state index contributed by atoms with van der Waals surface area (Å²) in [7, 11) is 0. The van der Waals surface area contributed by atoms with Gasteiger partial charge >= 0.3 is 5.97 Å². The lowest BCUT2D eigenvalue weighted by atomic mass is 10.1. The maximum atomic E-state index is 13.0. The minimum absolute atomic E-state index is 0.0915. The normalized spacial score (nSPS) is 16.1. The first kappa shape index (κ1) is 12.5. The molecule has 1 fully saturated rings. The van der Waals surface area contributed by atoms with Crippen molar-refractivity contribution in [2.75, 3.05) is 0 Å². The van der Waals surface area contributed by atoms with E-state index in [-0.39, 0.29) is 23.9 Å². The second-order valence-electron chi connectivity index (χ2n) is 4.53. The van der Waals surface area contributed by atoms with Crippen molar-refractivity contribution >= 4 is 11.9 Å². The van der Waals surface area contributed by atoms with Crippen LogP contribution in [0.5, 0.6) is 0 Å². The molecule has 1 aromatic rings. The number of aliphatic carboxylic acids is 1. The van der Waals surface area contributed by atoms with Crippen LogP contribution in [0.15, 0.2) is 24.3 Å². The number of rotatable bonds is 5. The van der Waals surface area contributed by atoms with E-state index in [1.165, 1.54) is 18.2 Å². The number of nitrogens with one attached hydrogen (secondary N) is 1. The summed E-state index contributed by atoms with van der Waals surface area (Å²) < 4.78 is 13.0. The Morgan fingerprint density at radius 3 is 2.72 bits per heavy atom. The highest BCUT2D eigenvalue weighted by Crippen LogP contribution is 2.34. The second-order valence-corrected chi connectivity index (χ2v) is 4.53. The lowest BCUT2D eigenvalue weighted by Crippen LogP contribution is -2.38. The summed E-state index contributed by atoms with van der Waals surface area (Å²) in [6.07, 6.45) is 1.77. The zero-order chi connectivity index (χ0) is 13.1. The zero-order valence-corrected chi connectivity index (χ0v) is 9.73. The van der Waals surface area contributed by atoms with Gasteiger partial charge in [-0.2, -0.15) is 0 Å². The maximum absolute atomic E-state index is 13.0. The highest BCUT2D eigenvalue weighted by molar-refractivity contribution is 5.94. The van der Waals surface area contributed by atoms with Crippen LogP contribution >= 0.6 is 0 Å². The van der Waals surface area contributed by atoms with Gasteiger partial charge in [0.05, 0.1) is 6.42 Å². The third-order valence-electron chi connectivity index (χ3n) is 2.99. The lowest BCUT2D eigenvalue weighted by Gasteiger charge is -2.16. The molecule has 1 aliphatic carbocycles. The molecular formula is C13H14FNO3. The van der Waals surface area contributed by atoms with Crippen molar-refractivity contribution in [2.45, 2.75) is 25.3 Å². The molecule has 1 aliphatic rings. The SMILES string of the molecule is O=C(O)CC(NC(=O)c1cccc(F)c1)C1CC1. The van der Waals surface area contributed by atoms with Crippen molar-refractivity contribution in [1.82, 2.24) is 5.32 Å². The van der Waals surface area contributed by atoms with Gasteiger partial charge in [-0.1, -0.05) is 6.07 Å². The summed E-state index contributed by atoms with van der Waals surface area (Å²) in [5.41, 5.74) is 0.214. The average molecular weight is 251 g/mol. The number of carbonyl (C=O) groups excluding carboxylic acids is 1. The summed E-state index contributed by atoms with van der Waals surface area (Å²) in [4.78, 5) is 22.6. The topological polar surface area (TPSA) is 66.4 Å². The first-order valence-electron chi connectivity index (χ1n) is 5.84. The van der Waals surface area contributed by atoms with Gasteiger partial charge in [0.25, 0.3) is 5.91 Å². The molecule has 1 saturated carbocycles. The Morgan fingerprint density at radius 2 is 2.17 bits per heavy atom. The van der Waals surface area contributed by atoms with E-state index in [0.717, 1.165) is 18.9 Å². The third kappa shape index (κ3) is 3.29. The van der Waals surface area contributed by atoms with E-state index in [0.29, 0.717) is 0 Å². The molecule has 96 valence electrons. The Morgan fingerprint density at radius 1 is 1.44 bits per heavy atom. The molecule has 5 heteroatoms. The zero-order valence-electron chi connectivity index (χ0n) is 9.73. The fourth-order valence-corrected chi connectivity index (χ4v) is 1.90.